The highest BCUT2D eigenvalue weighted by atomic mass is 19.1. The van der Waals surface area contributed by atoms with E-state index in [1.165, 1.54) is 6.07 Å². The molecule has 1 N–H and O–H groups in total. The van der Waals surface area contributed by atoms with Gasteiger partial charge in [-0.15, -0.1) is 0 Å². The zero-order valence-electron chi connectivity index (χ0n) is 27.5. The SMILES string of the molecule is CC(C)(C)OC(=O)NC1CCN(c2c(F)cc3c(=O)c(C(=O)N4CCC(c5ccccn5)C4)cn4c3c2Oc2cc3ccccc3cc2-4)C1. The van der Waals surface area contributed by atoms with Crippen molar-refractivity contribution >= 4 is 39.4 Å². The first-order valence-corrected chi connectivity index (χ1v) is 16.6. The number of anilines is 1. The molecule has 3 aliphatic rings. The predicted molar refractivity (Wildman–Crippen MR) is 185 cm³/mol. The summed E-state index contributed by atoms with van der Waals surface area (Å²) in [4.78, 5) is 48.7. The van der Waals surface area contributed by atoms with Crippen molar-refractivity contribution in [1.29, 1.82) is 0 Å². The van der Waals surface area contributed by atoms with Crippen LogP contribution >= 0.6 is 0 Å². The van der Waals surface area contributed by atoms with E-state index >= 15 is 4.39 Å². The summed E-state index contributed by atoms with van der Waals surface area (Å²) < 4.78 is 30.1. The fourth-order valence-electron chi connectivity index (χ4n) is 7.27. The van der Waals surface area contributed by atoms with Gasteiger partial charge in [-0.25, -0.2) is 9.18 Å². The number of carbonyl (C=O) groups excluding carboxylic acids is 2. The van der Waals surface area contributed by atoms with Gasteiger partial charge in [-0.3, -0.25) is 14.6 Å². The lowest BCUT2D eigenvalue weighted by Gasteiger charge is -2.30. The summed E-state index contributed by atoms with van der Waals surface area (Å²) in [6.07, 6.45) is 4.08. The number of nitrogens with zero attached hydrogens (tertiary/aromatic N) is 4. The Kier molecular flexibility index (Phi) is 7.31. The second kappa shape index (κ2) is 11.6. The van der Waals surface area contributed by atoms with Crippen molar-refractivity contribution in [3.8, 4) is 17.2 Å². The average molecular weight is 662 g/mol. The molecule has 5 aromatic rings. The Hall–Kier alpha value is -5.45. The molecule has 2 saturated heterocycles. The van der Waals surface area contributed by atoms with Gasteiger partial charge in [0.05, 0.1) is 17.1 Å². The number of hydrogen-bond donors (Lipinski definition) is 1. The number of alkyl carbamates (subject to hydrolysis) is 1. The van der Waals surface area contributed by atoms with E-state index in [1.807, 2.05) is 59.5 Å². The van der Waals surface area contributed by atoms with Crippen molar-refractivity contribution in [2.24, 2.45) is 0 Å². The standard InChI is InChI=1S/C38H36FN5O5/c1-38(2,3)49-37(47)41-25-12-15-42(20-25)33-28(39)18-26-32-35(33)48-31-17-23-9-5-4-8-22(23)16-30(31)44(32)21-27(34(26)45)36(46)43-14-11-24(19-43)29-10-6-7-13-40-29/h4-10,13,16-18,21,24-25H,11-12,14-15,19-20H2,1-3H3,(H,41,47). The molecule has 0 spiro atoms. The number of carbonyl (C=O) groups is 2. The second-order valence-electron chi connectivity index (χ2n) is 14.0. The summed E-state index contributed by atoms with van der Waals surface area (Å²) >= 11 is 0. The summed E-state index contributed by atoms with van der Waals surface area (Å²) in [6, 6.07) is 18.3. The van der Waals surface area contributed by atoms with Crippen LogP contribution in [0.4, 0.5) is 14.9 Å². The van der Waals surface area contributed by atoms with Gasteiger partial charge >= 0.3 is 6.09 Å². The third-order valence-electron chi connectivity index (χ3n) is 9.51. The second-order valence-corrected chi connectivity index (χ2v) is 14.0. The monoisotopic (exact) mass is 661 g/mol. The number of aromatic nitrogens is 2. The van der Waals surface area contributed by atoms with Gasteiger partial charge in [0.1, 0.15) is 22.4 Å². The lowest BCUT2D eigenvalue weighted by molar-refractivity contribution is 0.0508. The van der Waals surface area contributed by atoms with Gasteiger partial charge in [0, 0.05) is 50.2 Å². The van der Waals surface area contributed by atoms with Crippen molar-refractivity contribution in [3.63, 3.8) is 0 Å². The highest BCUT2D eigenvalue weighted by Gasteiger charge is 2.36. The number of pyridine rings is 2. The first kappa shape index (κ1) is 30.9. The molecule has 11 heteroatoms. The molecule has 2 unspecified atom stereocenters. The quantitative estimate of drug-likeness (QED) is 0.230. The first-order valence-electron chi connectivity index (χ1n) is 16.6. The zero-order valence-corrected chi connectivity index (χ0v) is 27.5. The number of nitrogens with one attached hydrogen (secondary N) is 1. The third-order valence-corrected chi connectivity index (χ3v) is 9.51. The molecular weight excluding hydrogens is 625 g/mol. The lowest BCUT2D eigenvalue weighted by Crippen LogP contribution is -2.40. The average Bonchev–Trinajstić information content (AvgIpc) is 3.75. The molecule has 2 aromatic heterocycles. The Morgan fingerprint density at radius 2 is 1.78 bits per heavy atom. The molecule has 0 radical (unpaired) electrons. The van der Waals surface area contributed by atoms with Crippen LogP contribution in [0.1, 0.15) is 55.6 Å². The summed E-state index contributed by atoms with van der Waals surface area (Å²) in [5.74, 6) is -0.310. The highest BCUT2D eigenvalue weighted by Crippen LogP contribution is 2.48. The molecule has 0 saturated carbocycles. The van der Waals surface area contributed by atoms with Crippen LogP contribution in [0.3, 0.4) is 0 Å². The van der Waals surface area contributed by atoms with Crippen LogP contribution in [0.25, 0.3) is 27.4 Å². The molecule has 0 bridgehead atoms. The summed E-state index contributed by atoms with van der Waals surface area (Å²) in [6.45, 7) is 7.06. The largest absolute Gasteiger partial charge is 0.451 e. The van der Waals surface area contributed by atoms with Crippen molar-refractivity contribution in [3.05, 3.63) is 100 Å². The number of ether oxygens (including phenoxy) is 2. The van der Waals surface area contributed by atoms with Crippen LogP contribution in [-0.2, 0) is 4.74 Å². The number of rotatable bonds is 4. The molecule has 5 heterocycles. The molecule has 2 fully saturated rings. The van der Waals surface area contributed by atoms with E-state index in [-0.39, 0.29) is 34.3 Å². The van der Waals surface area contributed by atoms with E-state index in [0.717, 1.165) is 22.9 Å². The van der Waals surface area contributed by atoms with Crippen LogP contribution in [0.15, 0.2) is 77.9 Å². The Morgan fingerprint density at radius 1 is 1.00 bits per heavy atom. The Balaban J connectivity index is 1.22. The molecule has 3 aliphatic heterocycles. The number of halogens is 1. The number of amides is 2. The van der Waals surface area contributed by atoms with Gasteiger partial charge in [-0.2, -0.15) is 0 Å². The van der Waals surface area contributed by atoms with Gasteiger partial charge in [-0.05, 0) is 74.7 Å². The Morgan fingerprint density at radius 3 is 2.53 bits per heavy atom. The summed E-state index contributed by atoms with van der Waals surface area (Å²) in [5, 5.41) is 4.83. The van der Waals surface area contributed by atoms with Gasteiger partial charge < -0.3 is 29.2 Å². The normalized spacial score (nSPS) is 18.4. The fourth-order valence-corrected chi connectivity index (χ4v) is 7.27. The Bertz CT molecular complexity index is 2210. The van der Waals surface area contributed by atoms with Crippen molar-refractivity contribution in [1.82, 2.24) is 19.8 Å². The molecule has 2 atom stereocenters. The molecule has 0 aliphatic carbocycles. The van der Waals surface area contributed by atoms with Crippen LogP contribution in [0.5, 0.6) is 11.5 Å². The minimum atomic E-state index is -0.651. The van der Waals surface area contributed by atoms with Crippen molar-refractivity contribution < 1.29 is 23.5 Å². The molecule has 49 heavy (non-hydrogen) atoms. The molecule has 8 rings (SSSR count). The maximum atomic E-state index is 16.4. The maximum absolute atomic E-state index is 16.4. The smallest absolute Gasteiger partial charge is 0.407 e. The van der Waals surface area contributed by atoms with Crippen molar-refractivity contribution in [2.45, 2.75) is 51.2 Å². The highest BCUT2D eigenvalue weighted by molar-refractivity contribution is 6.02. The predicted octanol–water partition coefficient (Wildman–Crippen LogP) is 6.52. The van der Waals surface area contributed by atoms with E-state index in [1.54, 1.807) is 42.6 Å². The summed E-state index contributed by atoms with van der Waals surface area (Å²) in [5.41, 5.74) is 0.898. The van der Waals surface area contributed by atoms with Gasteiger partial charge in [0.15, 0.2) is 17.3 Å². The minimum absolute atomic E-state index is 0.0314. The Labute approximate surface area is 282 Å². The van der Waals surface area contributed by atoms with E-state index in [9.17, 15) is 14.4 Å². The molecule has 250 valence electrons. The first-order chi connectivity index (χ1) is 23.5. The number of hydrogen-bond acceptors (Lipinski definition) is 7. The minimum Gasteiger partial charge on any atom is -0.451 e. The van der Waals surface area contributed by atoms with Gasteiger partial charge in [-0.1, -0.05) is 30.3 Å². The fraction of sp³-hybridized carbons (Fsp3) is 0.316. The zero-order chi connectivity index (χ0) is 34.0. The van der Waals surface area contributed by atoms with Crippen LogP contribution in [0, 0.1) is 5.82 Å². The van der Waals surface area contributed by atoms with Gasteiger partial charge in [0.25, 0.3) is 5.91 Å². The summed E-state index contributed by atoms with van der Waals surface area (Å²) in [7, 11) is 0. The van der Waals surface area contributed by atoms with E-state index in [0.29, 0.717) is 49.6 Å². The molecule has 3 aromatic carbocycles. The molecule has 2 amide bonds. The third kappa shape index (κ3) is 5.52. The number of likely N-dealkylation sites (tertiary alicyclic amines) is 1. The molecule has 10 nitrogen and oxygen atoms in total. The van der Waals surface area contributed by atoms with Crippen LogP contribution in [-0.4, -0.2) is 64.3 Å². The van der Waals surface area contributed by atoms with Crippen LogP contribution < -0.4 is 20.4 Å². The van der Waals surface area contributed by atoms with E-state index < -0.39 is 28.8 Å². The topological polar surface area (TPSA) is 106 Å². The van der Waals surface area contributed by atoms with Crippen LogP contribution in [0.2, 0.25) is 0 Å². The molecular formula is C38H36FN5O5. The van der Waals surface area contributed by atoms with Crippen molar-refractivity contribution in [2.75, 3.05) is 31.1 Å². The van der Waals surface area contributed by atoms with E-state index in [2.05, 4.69) is 10.3 Å². The van der Waals surface area contributed by atoms with E-state index in [4.69, 9.17) is 9.47 Å². The number of fused-ring (bicyclic) bond motifs is 3. The maximum Gasteiger partial charge on any atom is 0.407 e. The lowest BCUT2D eigenvalue weighted by atomic mass is 10.0. The van der Waals surface area contributed by atoms with Gasteiger partial charge in [0.2, 0.25) is 5.43 Å². The number of benzene rings is 3.